The fourth-order valence-corrected chi connectivity index (χ4v) is 9.44. The van der Waals surface area contributed by atoms with Gasteiger partial charge in [0.2, 0.25) is 11.8 Å². The van der Waals surface area contributed by atoms with Crippen LogP contribution in [0.5, 0.6) is 0 Å². The van der Waals surface area contributed by atoms with E-state index in [2.05, 4.69) is 32.7 Å². The van der Waals surface area contributed by atoms with Crippen molar-refractivity contribution in [1.29, 1.82) is 0 Å². The number of benzene rings is 3. The van der Waals surface area contributed by atoms with Gasteiger partial charge in [0.15, 0.2) is 0 Å². The van der Waals surface area contributed by atoms with Crippen LogP contribution in [0.2, 0.25) is 0 Å². The Bertz CT molecular complexity index is 2570. The molecule has 0 saturated carbocycles. The van der Waals surface area contributed by atoms with Crippen LogP contribution in [-0.4, -0.2) is 112 Å². The molecule has 1 aromatic heterocycles. The second-order valence-corrected chi connectivity index (χ2v) is 18.2. The molecule has 0 spiro atoms. The van der Waals surface area contributed by atoms with E-state index in [0.717, 1.165) is 57.6 Å². The van der Waals surface area contributed by atoms with Gasteiger partial charge < -0.3 is 39.6 Å². The second kappa shape index (κ2) is 19.8. The van der Waals surface area contributed by atoms with Crippen molar-refractivity contribution in [2.75, 3.05) is 27.3 Å². The maximum absolute atomic E-state index is 14.5. The zero-order chi connectivity index (χ0) is 47.5. The summed E-state index contributed by atoms with van der Waals surface area (Å²) < 4.78 is 30.1. The van der Waals surface area contributed by atoms with Gasteiger partial charge in [-0.05, 0) is 64.1 Å². The molecular weight excluding hydrogens is 860 g/mol. The summed E-state index contributed by atoms with van der Waals surface area (Å²) in [5, 5.41) is 5.37. The van der Waals surface area contributed by atoms with Gasteiger partial charge in [-0.1, -0.05) is 88.4 Å². The van der Waals surface area contributed by atoms with Crippen LogP contribution in [0, 0.1) is 17.7 Å². The standard InChI is InChI=1S/C50H57FN8O8/c1-28(2)43(55-48(62)65-5)46(60)58-20-8-11-41(58)45-53-24-40(54-45)33-18-16-31(17-19-33)30-12-14-32(15-13-30)35-21-39(52-23-35)42-22-36(26-59(42)47(61)44(29(3)4)56-49(63)66-6)67-50(64)57-25-34-9-7-10-38(51)37(34)27-57/h7,9-10,12-19,23-24,28-29,36,41-44H,8,11,20-22,25-27H2,1-6H3,(H,53,54)(H,55,62)(H,56,63)/t36-,41+,42?,43+,44+/m1/s1. The average Bonchev–Trinajstić information content (AvgIpc) is 4.19. The molecule has 2 saturated heterocycles. The number of ether oxygens (including phenoxy) is 3. The molecule has 4 aromatic rings. The average molecular weight is 917 g/mol. The molecule has 0 aliphatic carbocycles. The number of halogens is 1. The van der Waals surface area contributed by atoms with Crippen LogP contribution in [-0.2, 0) is 36.9 Å². The highest BCUT2D eigenvalue weighted by Gasteiger charge is 2.45. The van der Waals surface area contributed by atoms with Crippen LogP contribution in [0.1, 0.15) is 81.9 Å². The van der Waals surface area contributed by atoms with Gasteiger partial charge in [-0.15, -0.1) is 0 Å². The summed E-state index contributed by atoms with van der Waals surface area (Å²) in [6, 6.07) is 18.8. The molecule has 5 heterocycles. The van der Waals surface area contributed by atoms with E-state index in [1.54, 1.807) is 28.1 Å². The molecule has 3 aromatic carbocycles. The number of hydrogen-bond acceptors (Lipinski definition) is 10. The molecular formula is C50H57FN8O8. The molecule has 2 fully saturated rings. The van der Waals surface area contributed by atoms with E-state index >= 15 is 0 Å². The van der Waals surface area contributed by atoms with E-state index < -0.39 is 42.5 Å². The van der Waals surface area contributed by atoms with Crippen molar-refractivity contribution in [3.63, 3.8) is 0 Å². The van der Waals surface area contributed by atoms with E-state index in [4.69, 9.17) is 19.2 Å². The van der Waals surface area contributed by atoms with E-state index in [0.29, 0.717) is 30.8 Å². The fourth-order valence-electron chi connectivity index (χ4n) is 9.44. The Balaban J connectivity index is 0.916. The number of rotatable bonds is 12. The smallest absolute Gasteiger partial charge is 0.410 e. The van der Waals surface area contributed by atoms with Crippen LogP contribution in [0.25, 0.3) is 28.0 Å². The Morgan fingerprint density at radius 3 is 2.00 bits per heavy atom. The molecule has 0 radical (unpaired) electrons. The minimum atomic E-state index is -0.893. The van der Waals surface area contributed by atoms with Crippen LogP contribution >= 0.6 is 0 Å². The summed E-state index contributed by atoms with van der Waals surface area (Å²) in [5.41, 5.74) is 7.67. The number of carbonyl (C=O) groups excluding carboxylic acids is 5. The number of fused-ring (bicyclic) bond motifs is 1. The van der Waals surface area contributed by atoms with Crippen LogP contribution < -0.4 is 10.6 Å². The number of methoxy groups -OCH3 is 2. The van der Waals surface area contributed by atoms with E-state index in [-0.39, 0.29) is 55.1 Å². The third-order valence-corrected chi connectivity index (χ3v) is 13.2. The lowest BCUT2D eigenvalue weighted by atomic mass is 9.95. The molecule has 5 atom stereocenters. The summed E-state index contributed by atoms with van der Waals surface area (Å²) >= 11 is 0. The third-order valence-electron chi connectivity index (χ3n) is 13.2. The molecule has 0 bridgehead atoms. The molecule has 5 amide bonds. The van der Waals surface area contributed by atoms with E-state index in [1.165, 1.54) is 25.2 Å². The molecule has 8 rings (SSSR count). The van der Waals surface area contributed by atoms with Crippen molar-refractivity contribution in [3.8, 4) is 22.4 Å². The number of allylic oxidation sites excluding steroid dienone is 1. The normalized spacial score (nSPS) is 19.8. The predicted molar refractivity (Wildman–Crippen MR) is 248 cm³/mol. The largest absolute Gasteiger partial charge is 0.453 e. The number of aliphatic imine (C=N–C) groups is 1. The summed E-state index contributed by atoms with van der Waals surface area (Å²) in [6.07, 6.45) is 3.32. The Hall–Kier alpha value is -7.04. The molecule has 4 aliphatic rings. The summed E-state index contributed by atoms with van der Waals surface area (Å²) in [6.45, 7) is 8.43. The Morgan fingerprint density at radius 1 is 0.776 bits per heavy atom. The molecule has 16 nitrogen and oxygen atoms in total. The van der Waals surface area contributed by atoms with Crippen molar-refractivity contribution in [2.24, 2.45) is 16.8 Å². The van der Waals surface area contributed by atoms with Crippen LogP contribution in [0.15, 0.2) is 84.1 Å². The van der Waals surface area contributed by atoms with Gasteiger partial charge in [-0.25, -0.2) is 23.8 Å². The maximum atomic E-state index is 14.5. The zero-order valence-corrected chi connectivity index (χ0v) is 38.6. The molecule has 4 aliphatic heterocycles. The number of hydrogen-bond donors (Lipinski definition) is 3. The summed E-state index contributed by atoms with van der Waals surface area (Å²) in [7, 11) is 2.52. The lowest BCUT2D eigenvalue weighted by Crippen LogP contribution is -2.53. The second-order valence-electron chi connectivity index (χ2n) is 18.2. The monoisotopic (exact) mass is 916 g/mol. The quantitative estimate of drug-likeness (QED) is 0.120. The van der Waals surface area contributed by atoms with Gasteiger partial charge in [0, 0.05) is 43.4 Å². The number of carbonyl (C=O) groups is 5. The molecule has 1 unspecified atom stereocenters. The van der Waals surface area contributed by atoms with Gasteiger partial charge >= 0.3 is 18.3 Å². The summed E-state index contributed by atoms with van der Waals surface area (Å²) in [4.78, 5) is 83.4. The lowest BCUT2D eigenvalue weighted by Gasteiger charge is -2.30. The zero-order valence-electron chi connectivity index (χ0n) is 38.6. The highest BCUT2D eigenvalue weighted by Crippen LogP contribution is 2.36. The predicted octanol–water partition coefficient (Wildman–Crippen LogP) is 7.62. The SMILES string of the molecule is COC(=O)N[C@H](C(=O)N1C[C@H](OC(=O)N2Cc3cccc(F)c3C2)CC1C1=NC=C(c2ccc(-c3ccc(-c4cnc([C@@H]5CCCN5C(=O)[C@@H](NC(=O)OC)C(C)C)[nH]4)cc3)cc2)C1)C(C)C. The lowest BCUT2D eigenvalue weighted by molar-refractivity contribution is -0.135. The first-order chi connectivity index (χ1) is 32.2. The van der Waals surface area contributed by atoms with Crippen molar-refractivity contribution in [1.82, 2.24) is 35.3 Å². The fraction of sp³-hybridized carbons (Fsp3) is 0.420. The number of imidazole rings is 1. The van der Waals surface area contributed by atoms with Gasteiger partial charge in [0.25, 0.3) is 0 Å². The van der Waals surface area contributed by atoms with Crippen molar-refractivity contribution < 1.29 is 42.6 Å². The van der Waals surface area contributed by atoms with Crippen molar-refractivity contribution in [2.45, 2.75) is 96.7 Å². The maximum Gasteiger partial charge on any atom is 0.410 e. The van der Waals surface area contributed by atoms with Gasteiger partial charge in [0.05, 0.1) is 51.3 Å². The third kappa shape index (κ3) is 9.91. The highest BCUT2D eigenvalue weighted by molar-refractivity contribution is 6.04. The summed E-state index contributed by atoms with van der Waals surface area (Å²) in [5.74, 6) is -0.563. The van der Waals surface area contributed by atoms with Gasteiger partial charge in [0.1, 0.15) is 29.8 Å². The van der Waals surface area contributed by atoms with Crippen LogP contribution in [0.3, 0.4) is 0 Å². The van der Waals surface area contributed by atoms with Crippen LogP contribution in [0.4, 0.5) is 18.8 Å². The first-order valence-corrected chi connectivity index (χ1v) is 22.8. The number of aromatic amines is 1. The topological polar surface area (TPSA) is 188 Å². The van der Waals surface area contributed by atoms with Gasteiger partial charge in [-0.3, -0.25) is 19.5 Å². The molecule has 17 heteroatoms. The number of aromatic nitrogens is 2. The Morgan fingerprint density at radius 2 is 1.39 bits per heavy atom. The minimum Gasteiger partial charge on any atom is -0.453 e. The van der Waals surface area contributed by atoms with E-state index in [1.807, 2.05) is 70.3 Å². The molecule has 3 N–H and O–H groups in total. The Kier molecular flexibility index (Phi) is 13.8. The minimum absolute atomic E-state index is 0.0937. The number of alkyl carbamates (subject to hydrolysis) is 2. The number of likely N-dealkylation sites (tertiary alicyclic amines) is 2. The first-order valence-electron chi connectivity index (χ1n) is 22.8. The van der Waals surface area contributed by atoms with E-state index in [9.17, 15) is 28.4 Å². The first kappa shape index (κ1) is 46.5. The highest BCUT2D eigenvalue weighted by atomic mass is 19.1. The number of amides is 5. The molecule has 352 valence electrons. The Labute approximate surface area is 388 Å². The van der Waals surface area contributed by atoms with Gasteiger partial charge in [-0.2, -0.15) is 0 Å². The van der Waals surface area contributed by atoms with Crippen molar-refractivity contribution in [3.05, 3.63) is 107 Å². The number of H-pyrrole nitrogens is 1. The number of nitrogens with zero attached hydrogens (tertiary/aromatic N) is 5. The molecule has 67 heavy (non-hydrogen) atoms. The number of nitrogens with one attached hydrogen (secondary N) is 3. The van der Waals surface area contributed by atoms with Crippen molar-refractivity contribution >= 4 is 41.4 Å².